The molecule has 7 aromatic carbocycles. The number of carbonyl (C=O) groups is 2. The molecular weight excluding hydrogens is 611 g/mol. The SMILES string of the molecule is Cc1ccccc1-c1cccc2c1C(c1cccc3c1C(=O)N(c1ccc(-c4ccccc4)cc1)C3=O)c1c(-c3ccccc3C)cccc1-2. The molecule has 9 rings (SSSR count). The second kappa shape index (κ2) is 11.7. The van der Waals surface area contributed by atoms with Crippen LogP contribution >= 0.6 is 0 Å². The van der Waals surface area contributed by atoms with E-state index in [0.717, 1.165) is 61.2 Å². The molecule has 2 amide bonds. The van der Waals surface area contributed by atoms with E-state index in [-0.39, 0.29) is 17.7 Å². The van der Waals surface area contributed by atoms with Crippen LogP contribution in [0.5, 0.6) is 0 Å². The van der Waals surface area contributed by atoms with Crippen molar-refractivity contribution in [3.8, 4) is 44.5 Å². The molecule has 238 valence electrons. The highest BCUT2D eigenvalue weighted by molar-refractivity contribution is 6.35. The highest BCUT2D eigenvalue weighted by Gasteiger charge is 2.43. The number of hydrogen-bond donors (Lipinski definition) is 0. The Hall–Kier alpha value is -6.32. The molecule has 0 radical (unpaired) electrons. The second-order valence-electron chi connectivity index (χ2n) is 13.2. The molecule has 1 heterocycles. The number of fused-ring (bicyclic) bond motifs is 4. The predicted octanol–water partition coefficient (Wildman–Crippen LogP) is 11.3. The zero-order valence-corrected chi connectivity index (χ0v) is 27.9. The van der Waals surface area contributed by atoms with E-state index < -0.39 is 0 Å². The predicted molar refractivity (Wildman–Crippen MR) is 203 cm³/mol. The third-order valence-corrected chi connectivity index (χ3v) is 10.4. The average Bonchev–Trinajstić information content (AvgIpc) is 3.63. The topological polar surface area (TPSA) is 37.4 Å². The van der Waals surface area contributed by atoms with Crippen molar-refractivity contribution in [1.29, 1.82) is 0 Å². The van der Waals surface area contributed by atoms with Crippen molar-refractivity contribution < 1.29 is 9.59 Å². The van der Waals surface area contributed by atoms with E-state index in [1.807, 2.05) is 48.5 Å². The van der Waals surface area contributed by atoms with Gasteiger partial charge < -0.3 is 0 Å². The van der Waals surface area contributed by atoms with E-state index in [9.17, 15) is 9.59 Å². The van der Waals surface area contributed by atoms with Crippen molar-refractivity contribution in [1.82, 2.24) is 0 Å². The number of imide groups is 1. The fourth-order valence-corrected chi connectivity index (χ4v) is 8.12. The van der Waals surface area contributed by atoms with Gasteiger partial charge in [-0.25, -0.2) is 4.90 Å². The van der Waals surface area contributed by atoms with Gasteiger partial charge in [-0.15, -0.1) is 0 Å². The van der Waals surface area contributed by atoms with Gasteiger partial charge in [0.2, 0.25) is 0 Å². The minimum atomic E-state index is -0.294. The van der Waals surface area contributed by atoms with Gasteiger partial charge in [-0.3, -0.25) is 9.59 Å². The Balaban J connectivity index is 1.26. The lowest BCUT2D eigenvalue weighted by atomic mass is 9.79. The maximum absolute atomic E-state index is 14.7. The molecule has 0 spiro atoms. The summed E-state index contributed by atoms with van der Waals surface area (Å²) in [4.78, 5) is 30.2. The Bertz CT molecular complexity index is 2400. The molecule has 0 fully saturated rings. The number of hydrogen-bond acceptors (Lipinski definition) is 2. The summed E-state index contributed by atoms with van der Waals surface area (Å²) in [7, 11) is 0. The van der Waals surface area contributed by atoms with Crippen molar-refractivity contribution in [2.75, 3.05) is 4.90 Å². The number of rotatable bonds is 5. The van der Waals surface area contributed by atoms with Crippen LogP contribution in [0.1, 0.15) is 54.5 Å². The van der Waals surface area contributed by atoms with Gasteiger partial charge in [-0.05, 0) is 104 Å². The van der Waals surface area contributed by atoms with E-state index in [1.54, 1.807) is 6.07 Å². The molecule has 50 heavy (non-hydrogen) atoms. The quantitative estimate of drug-likeness (QED) is 0.175. The lowest BCUT2D eigenvalue weighted by molar-refractivity contribution is 0.0926. The fraction of sp³-hybridized carbons (Fsp3) is 0.0638. The maximum atomic E-state index is 14.7. The van der Waals surface area contributed by atoms with Gasteiger partial charge in [0.25, 0.3) is 11.8 Å². The van der Waals surface area contributed by atoms with Gasteiger partial charge in [0.05, 0.1) is 16.8 Å². The van der Waals surface area contributed by atoms with Crippen molar-refractivity contribution in [2.45, 2.75) is 19.8 Å². The van der Waals surface area contributed by atoms with Crippen LogP contribution in [0.15, 0.2) is 158 Å². The highest BCUT2D eigenvalue weighted by Crippen LogP contribution is 2.56. The molecule has 3 heteroatoms. The molecule has 0 aromatic heterocycles. The van der Waals surface area contributed by atoms with E-state index in [2.05, 4.69) is 117 Å². The van der Waals surface area contributed by atoms with Gasteiger partial charge >= 0.3 is 0 Å². The first-order valence-corrected chi connectivity index (χ1v) is 17.1. The maximum Gasteiger partial charge on any atom is 0.266 e. The smallest absolute Gasteiger partial charge is 0.266 e. The van der Waals surface area contributed by atoms with E-state index in [1.165, 1.54) is 16.0 Å². The molecule has 0 atom stereocenters. The summed E-state index contributed by atoms with van der Waals surface area (Å²) in [6, 6.07) is 53.6. The summed E-state index contributed by atoms with van der Waals surface area (Å²) in [6.45, 7) is 4.29. The largest absolute Gasteiger partial charge is 0.268 e. The van der Waals surface area contributed by atoms with Crippen molar-refractivity contribution in [2.24, 2.45) is 0 Å². The Kier molecular flexibility index (Phi) is 6.96. The van der Waals surface area contributed by atoms with Crippen LogP contribution in [0.2, 0.25) is 0 Å². The van der Waals surface area contributed by atoms with Crippen LogP contribution in [0.3, 0.4) is 0 Å². The summed E-state index contributed by atoms with van der Waals surface area (Å²) in [5, 5.41) is 0. The normalized spacial score (nSPS) is 13.4. The molecule has 0 saturated heterocycles. The minimum absolute atomic E-state index is 0.279. The molecule has 1 aliphatic heterocycles. The zero-order chi connectivity index (χ0) is 33.9. The van der Waals surface area contributed by atoms with Crippen LogP contribution < -0.4 is 4.90 Å². The monoisotopic (exact) mass is 643 g/mol. The molecule has 0 saturated carbocycles. The lowest BCUT2D eigenvalue weighted by Crippen LogP contribution is -2.29. The van der Waals surface area contributed by atoms with E-state index in [0.29, 0.717) is 16.8 Å². The Morgan fingerprint density at radius 2 is 0.840 bits per heavy atom. The molecule has 0 unspecified atom stereocenters. The van der Waals surface area contributed by atoms with E-state index >= 15 is 0 Å². The lowest BCUT2D eigenvalue weighted by Gasteiger charge is -2.23. The number of nitrogens with zero attached hydrogens (tertiary/aromatic N) is 1. The van der Waals surface area contributed by atoms with Crippen LogP contribution in [0, 0.1) is 13.8 Å². The first-order chi connectivity index (χ1) is 24.5. The van der Waals surface area contributed by atoms with Crippen LogP contribution in [0.25, 0.3) is 44.5 Å². The van der Waals surface area contributed by atoms with Crippen molar-refractivity contribution in [3.05, 3.63) is 197 Å². The number of anilines is 1. The number of amides is 2. The molecule has 0 bridgehead atoms. The van der Waals surface area contributed by atoms with Crippen molar-refractivity contribution >= 4 is 17.5 Å². The van der Waals surface area contributed by atoms with Gasteiger partial charge in [0, 0.05) is 5.92 Å². The van der Waals surface area contributed by atoms with Gasteiger partial charge in [-0.2, -0.15) is 0 Å². The zero-order valence-electron chi connectivity index (χ0n) is 27.9. The molecule has 2 aliphatic rings. The molecule has 7 aromatic rings. The summed E-state index contributed by atoms with van der Waals surface area (Å²) in [5.41, 5.74) is 16.1. The average molecular weight is 644 g/mol. The van der Waals surface area contributed by atoms with Gasteiger partial charge in [-0.1, -0.05) is 140 Å². The third-order valence-electron chi connectivity index (χ3n) is 10.4. The Morgan fingerprint density at radius 3 is 1.40 bits per heavy atom. The fourth-order valence-electron chi connectivity index (χ4n) is 8.12. The Morgan fingerprint density at radius 1 is 0.400 bits per heavy atom. The Labute approximate surface area is 292 Å². The van der Waals surface area contributed by atoms with Gasteiger partial charge in [0.15, 0.2) is 0 Å². The van der Waals surface area contributed by atoms with Crippen LogP contribution in [0.4, 0.5) is 5.69 Å². The summed E-state index contributed by atoms with van der Waals surface area (Å²) in [5.74, 6) is -0.861. The van der Waals surface area contributed by atoms with Crippen molar-refractivity contribution in [3.63, 3.8) is 0 Å². The minimum Gasteiger partial charge on any atom is -0.268 e. The van der Waals surface area contributed by atoms with Crippen LogP contribution in [-0.2, 0) is 0 Å². The second-order valence-corrected chi connectivity index (χ2v) is 13.2. The highest BCUT2D eigenvalue weighted by atomic mass is 16.2. The molecular formula is C47H33NO2. The summed E-state index contributed by atoms with van der Waals surface area (Å²) in [6.07, 6.45) is 0. The molecule has 0 N–H and O–H groups in total. The number of carbonyl (C=O) groups excluding carboxylic acids is 2. The third kappa shape index (κ3) is 4.51. The summed E-state index contributed by atoms with van der Waals surface area (Å²) < 4.78 is 0. The number of benzene rings is 7. The number of aryl methyl sites for hydroxylation is 2. The first kappa shape index (κ1) is 29.8. The molecule has 1 aliphatic carbocycles. The summed E-state index contributed by atoms with van der Waals surface area (Å²) >= 11 is 0. The first-order valence-electron chi connectivity index (χ1n) is 17.1. The standard InChI is InChI=1S/C47H33NO2/c1-29-13-6-8-17-34(29)36-19-10-21-38-39-22-11-20-37(35-18-9-7-14-30(35)2)43(39)45(42(36)38)40-23-12-24-41-44(40)47(50)48(46(41)49)33-27-25-32(26-28-33)31-15-4-3-5-16-31/h3-28,45H,1-2H3. The van der Waals surface area contributed by atoms with Gasteiger partial charge in [0.1, 0.15) is 0 Å². The molecule has 3 nitrogen and oxygen atoms in total. The van der Waals surface area contributed by atoms with E-state index in [4.69, 9.17) is 0 Å². The van der Waals surface area contributed by atoms with Crippen LogP contribution in [-0.4, -0.2) is 11.8 Å².